The third-order valence-electron chi connectivity index (χ3n) is 5.50. The van der Waals surface area contributed by atoms with E-state index in [-0.39, 0.29) is 5.97 Å². The monoisotopic (exact) mass is 387 g/mol. The van der Waals surface area contributed by atoms with E-state index in [0.29, 0.717) is 18.6 Å². The average molecular weight is 388 g/mol. The van der Waals surface area contributed by atoms with Crippen LogP contribution in [0.5, 0.6) is 5.75 Å². The van der Waals surface area contributed by atoms with Gasteiger partial charge in [0.1, 0.15) is 5.75 Å². The van der Waals surface area contributed by atoms with Crippen molar-refractivity contribution in [1.82, 2.24) is 4.90 Å². The molecule has 1 atom stereocenters. The molecule has 1 heterocycles. The summed E-state index contributed by atoms with van der Waals surface area (Å²) in [4.78, 5) is 14.7. The van der Waals surface area contributed by atoms with Crippen molar-refractivity contribution < 1.29 is 14.6 Å². The molecule has 0 bridgehead atoms. The Balaban J connectivity index is 1.50. The maximum Gasteiger partial charge on any atom is 0.316 e. The maximum absolute atomic E-state index is 12.4. The first-order chi connectivity index (χ1) is 13.0. The first kappa shape index (κ1) is 19.9. The molecule has 2 aromatic rings. The summed E-state index contributed by atoms with van der Waals surface area (Å²) in [5.74, 6) is -0.438. The first-order valence-electron chi connectivity index (χ1n) is 9.43. The number of esters is 1. The van der Waals surface area contributed by atoms with Gasteiger partial charge in [0, 0.05) is 24.7 Å². The minimum Gasteiger partial charge on any atom is -0.426 e. The van der Waals surface area contributed by atoms with Crippen LogP contribution in [0.15, 0.2) is 54.6 Å². The Hall–Kier alpha value is -1.88. The molecular formula is C22H26ClNO3. The van der Waals surface area contributed by atoms with E-state index in [1.165, 1.54) is 0 Å². The van der Waals surface area contributed by atoms with Crippen molar-refractivity contribution >= 4 is 17.6 Å². The summed E-state index contributed by atoms with van der Waals surface area (Å²) in [6.45, 7) is 4.15. The van der Waals surface area contributed by atoms with E-state index in [2.05, 4.69) is 4.90 Å². The van der Waals surface area contributed by atoms with Gasteiger partial charge >= 0.3 is 5.97 Å². The minimum atomic E-state index is -1.02. The first-order valence-corrected chi connectivity index (χ1v) is 9.81. The summed E-state index contributed by atoms with van der Waals surface area (Å²) in [5.41, 5.74) is 0.118. The molecule has 0 aliphatic carbocycles. The SMILES string of the molecule is CC(C(=O)Oc1ccccc1)C1(O)CCN(CCc2ccccc2Cl)CC1. The maximum atomic E-state index is 12.4. The predicted molar refractivity (Wildman–Crippen MR) is 107 cm³/mol. The molecule has 0 aromatic heterocycles. The summed E-state index contributed by atoms with van der Waals surface area (Å²) in [7, 11) is 0. The van der Waals surface area contributed by atoms with Gasteiger partial charge in [-0.05, 0) is 49.9 Å². The fraction of sp³-hybridized carbons (Fsp3) is 0.409. The van der Waals surface area contributed by atoms with Gasteiger partial charge in [0.25, 0.3) is 0 Å². The minimum absolute atomic E-state index is 0.381. The lowest BCUT2D eigenvalue weighted by Gasteiger charge is -2.40. The lowest BCUT2D eigenvalue weighted by molar-refractivity contribution is -0.151. The van der Waals surface area contributed by atoms with Gasteiger partial charge < -0.3 is 14.7 Å². The lowest BCUT2D eigenvalue weighted by Crippen LogP contribution is -2.51. The lowest BCUT2D eigenvalue weighted by atomic mass is 9.80. The Morgan fingerprint density at radius 3 is 2.44 bits per heavy atom. The van der Waals surface area contributed by atoms with E-state index in [9.17, 15) is 9.90 Å². The second kappa shape index (κ2) is 8.87. The number of benzene rings is 2. The molecule has 4 nitrogen and oxygen atoms in total. The van der Waals surface area contributed by atoms with E-state index in [0.717, 1.165) is 36.6 Å². The quantitative estimate of drug-likeness (QED) is 0.602. The zero-order chi connectivity index (χ0) is 19.3. The molecule has 1 unspecified atom stereocenters. The van der Waals surface area contributed by atoms with Crippen molar-refractivity contribution in [3.8, 4) is 5.75 Å². The van der Waals surface area contributed by atoms with Crippen LogP contribution in [0.25, 0.3) is 0 Å². The largest absolute Gasteiger partial charge is 0.426 e. The van der Waals surface area contributed by atoms with E-state index >= 15 is 0 Å². The topological polar surface area (TPSA) is 49.8 Å². The van der Waals surface area contributed by atoms with Gasteiger partial charge in [0.15, 0.2) is 0 Å². The van der Waals surface area contributed by atoms with Gasteiger partial charge in [-0.15, -0.1) is 0 Å². The van der Waals surface area contributed by atoms with Crippen molar-refractivity contribution in [3.63, 3.8) is 0 Å². The number of para-hydroxylation sites is 1. The van der Waals surface area contributed by atoms with Gasteiger partial charge in [-0.1, -0.05) is 48.0 Å². The zero-order valence-corrected chi connectivity index (χ0v) is 16.4. The van der Waals surface area contributed by atoms with Crippen LogP contribution in [0.2, 0.25) is 5.02 Å². The predicted octanol–water partition coefficient (Wildman–Crippen LogP) is 3.95. The molecule has 1 aliphatic rings. The Bertz CT molecular complexity index is 757. The molecule has 1 aliphatic heterocycles. The molecule has 0 spiro atoms. The number of nitrogens with zero attached hydrogens (tertiary/aromatic N) is 1. The van der Waals surface area contributed by atoms with Gasteiger partial charge in [-0.25, -0.2) is 0 Å². The molecule has 3 rings (SSSR count). The molecule has 0 amide bonds. The van der Waals surface area contributed by atoms with Gasteiger partial charge in [0.05, 0.1) is 11.5 Å². The number of likely N-dealkylation sites (tertiary alicyclic amines) is 1. The van der Waals surface area contributed by atoms with E-state index in [1.54, 1.807) is 19.1 Å². The molecule has 1 N–H and O–H groups in total. The number of hydrogen-bond donors (Lipinski definition) is 1. The van der Waals surface area contributed by atoms with Gasteiger partial charge in [-0.2, -0.15) is 0 Å². The normalized spacial score (nSPS) is 18.0. The summed E-state index contributed by atoms with van der Waals surface area (Å²) < 4.78 is 5.41. The molecule has 27 heavy (non-hydrogen) atoms. The van der Waals surface area contributed by atoms with Crippen LogP contribution < -0.4 is 4.74 Å². The van der Waals surface area contributed by atoms with E-state index < -0.39 is 11.5 Å². The standard InChI is InChI=1S/C22H26ClNO3/c1-17(21(25)27-19-8-3-2-4-9-19)22(26)12-15-24(16-13-22)14-11-18-7-5-6-10-20(18)23/h2-10,17,26H,11-16H2,1H3. The van der Waals surface area contributed by atoms with Crippen LogP contribution in [-0.4, -0.2) is 41.2 Å². The summed E-state index contributed by atoms with van der Waals surface area (Å²) in [6.07, 6.45) is 1.99. The highest BCUT2D eigenvalue weighted by Crippen LogP contribution is 2.31. The molecular weight excluding hydrogens is 362 g/mol. The Kier molecular flexibility index (Phi) is 6.53. The molecule has 5 heteroatoms. The van der Waals surface area contributed by atoms with Crippen molar-refractivity contribution in [2.24, 2.45) is 5.92 Å². The van der Waals surface area contributed by atoms with E-state index in [4.69, 9.17) is 16.3 Å². The second-order valence-corrected chi connectivity index (χ2v) is 7.65. The van der Waals surface area contributed by atoms with E-state index in [1.807, 2.05) is 42.5 Å². The molecule has 144 valence electrons. The Morgan fingerprint density at radius 2 is 1.78 bits per heavy atom. The third kappa shape index (κ3) is 5.10. The van der Waals surface area contributed by atoms with Crippen LogP contribution in [0.4, 0.5) is 0 Å². The molecule has 1 saturated heterocycles. The highest BCUT2D eigenvalue weighted by molar-refractivity contribution is 6.31. The summed E-state index contributed by atoms with van der Waals surface area (Å²) in [6, 6.07) is 16.9. The zero-order valence-electron chi connectivity index (χ0n) is 15.6. The van der Waals surface area contributed by atoms with Crippen LogP contribution in [0, 0.1) is 5.92 Å². The van der Waals surface area contributed by atoms with Crippen LogP contribution in [0.1, 0.15) is 25.3 Å². The average Bonchev–Trinajstić information content (AvgIpc) is 2.69. The fourth-order valence-corrected chi connectivity index (χ4v) is 3.72. The van der Waals surface area contributed by atoms with Gasteiger partial charge in [-0.3, -0.25) is 4.79 Å². The smallest absolute Gasteiger partial charge is 0.316 e. The number of carbonyl (C=O) groups is 1. The molecule has 0 saturated carbocycles. The summed E-state index contributed by atoms with van der Waals surface area (Å²) in [5, 5.41) is 11.8. The number of piperidine rings is 1. The van der Waals surface area contributed by atoms with Crippen molar-refractivity contribution in [3.05, 3.63) is 65.2 Å². The Morgan fingerprint density at radius 1 is 1.15 bits per heavy atom. The number of ether oxygens (including phenoxy) is 1. The highest BCUT2D eigenvalue weighted by Gasteiger charge is 2.41. The molecule has 2 aromatic carbocycles. The number of carbonyl (C=O) groups excluding carboxylic acids is 1. The second-order valence-electron chi connectivity index (χ2n) is 7.24. The van der Waals surface area contributed by atoms with Crippen LogP contribution >= 0.6 is 11.6 Å². The number of hydrogen-bond acceptors (Lipinski definition) is 4. The third-order valence-corrected chi connectivity index (χ3v) is 5.87. The van der Waals surface area contributed by atoms with Crippen molar-refractivity contribution in [2.75, 3.05) is 19.6 Å². The highest BCUT2D eigenvalue weighted by atomic mass is 35.5. The number of aliphatic hydroxyl groups is 1. The molecule has 1 fully saturated rings. The fourth-order valence-electron chi connectivity index (χ4n) is 3.49. The Labute approximate surface area is 165 Å². The number of rotatable bonds is 6. The summed E-state index contributed by atoms with van der Waals surface area (Å²) >= 11 is 6.22. The number of halogens is 1. The van der Waals surface area contributed by atoms with Gasteiger partial charge in [0.2, 0.25) is 0 Å². The van der Waals surface area contributed by atoms with Crippen LogP contribution in [-0.2, 0) is 11.2 Å². The van der Waals surface area contributed by atoms with Crippen molar-refractivity contribution in [1.29, 1.82) is 0 Å². The van der Waals surface area contributed by atoms with Crippen molar-refractivity contribution in [2.45, 2.75) is 31.8 Å². The molecule has 0 radical (unpaired) electrons. The van der Waals surface area contributed by atoms with Crippen LogP contribution in [0.3, 0.4) is 0 Å².